The van der Waals surface area contributed by atoms with Crippen molar-refractivity contribution in [2.45, 2.75) is 82.2 Å². The number of aromatic nitrogens is 1. The van der Waals surface area contributed by atoms with E-state index in [0.29, 0.717) is 17.5 Å². The number of pyridine rings is 1. The average Bonchev–Trinajstić information content (AvgIpc) is 2.88. The summed E-state index contributed by atoms with van der Waals surface area (Å²) in [6, 6.07) is 14.8. The normalized spacial score (nSPS) is 17.9. The highest BCUT2D eigenvalue weighted by atomic mass is 32.2. The van der Waals surface area contributed by atoms with Crippen molar-refractivity contribution in [3.05, 3.63) is 65.4 Å². The number of fused-ring (bicyclic) bond motifs is 1. The molecule has 7 nitrogen and oxygen atoms in total. The second kappa shape index (κ2) is 11.6. The Balaban J connectivity index is 1.28. The Morgan fingerprint density at radius 3 is 2.24 bits per heavy atom. The molecule has 1 amide bonds. The summed E-state index contributed by atoms with van der Waals surface area (Å²) in [5.74, 6) is 0.0410. The van der Waals surface area contributed by atoms with E-state index in [1.54, 1.807) is 0 Å². The lowest BCUT2D eigenvalue weighted by Gasteiger charge is -2.31. The number of anilines is 1. The molecule has 0 radical (unpaired) electrons. The zero-order valence-electron chi connectivity index (χ0n) is 22.6. The van der Waals surface area contributed by atoms with Gasteiger partial charge in [-0.05, 0) is 68.9 Å². The first-order valence-corrected chi connectivity index (χ1v) is 15.2. The molecule has 0 saturated heterocycles. The molecule has 1 heterocycles. The van der Waals surface area contributed by atoms with Crippen LogP contribution < -0.4 is 10.6 Å². The SMILES string of the molecule is Cc1ccc2nc(C(C)C)cc(NC3CCC(NC(=O)CCC(=O)c4ccc(S(C)(=O)=O)cc4)CC3)c2c1. The summed E-state index contributed by atoms with van der Waals surface area (Å²) in [6.45, 7) is 6.40. The van der Waals surface area contributed by atoms with Crippen molar-refractivity contribution in [3.63, 3.8) is 0 Å². The maximum atomic E-state index is 12.5. The smallest absolute Gasteiger partial charge is 0.220 e. The number of benzene rings is 2. The molecule has 2 N–H and O–H groups in total. The van der Waals surface area contributed by atoms with Crippen molar-refractivity contribution in [3.8, 4) is 0 Å². The van der Waals surface area contributed by atoms with Crippen molar-refractivity contribution >= 4 is 38.1 Å². The number of ketones is 1. The third kappa shape index (κ3) is 6.98. The molecule has 0 atom stereocenters. The van der Waals surface area contributed by atoms with Crippen molar-refractivity contribution in [1.29, 1.82) is 0 Å². The summed E-state index contributed by atoms with van der Waals surface area (Å²) in [6.07, 6.45) is 4.99. The van der Waals surface area contributed by atoms with Gasteiger partial charge in [0.15, 0.2) is 15.6 Å². The number of rotatable bonds is 9. The highest BCUT2D eigenvalue weighted by Crippen LogP contribution is 2.30. The van der Waals surface area contributed by atoms with Gasteiger partial charge in [-0.1, -0.05) is 37.6 Å². The molecule has 0 unspecified atom stereocenters. The summed E-state index contributed by atoms with van der Waals surface area (Å²) in [5, 5.41) is 7.99. The van der Waals surface area contributed by atoms with Crippen LogP contribution in [0.5, 0.6) is 0 Å². The van der Waals surface area contributed by atoms with E-state index < -0.39 is 9.84 Å². The van der Waals surface area contributed by atoms with Gasteiger partial charge in [-0.3, -0.25) is 14.6 Å². The third-order valence-corrected chi connectivity index (χ3v) is 8.34. The maximum absolute atomic E-state index is 12.5. The molecule has 38 heavy (non-hydrogen) atoms. The average molecular weight is 536 g/mol. The molecule has 1 fully saturated rings. The van der Waals surface area contributed by atoms with Gasteiger partial charge < -0.3 is 10.6 Å². The zero-order valence-corrected chi connectivity index (χ0v) is 23.4. The summed E-state index contributed by atoms with van der Waals surface area (Å²) in [7, 11) is -3.31. The van der Waals surface area contributed by atoms with Crippen LogP contribution >= 0.6 is 0 Å². The topological polar surface area (TPSA) is 105 Å². The quantitative estimate of drug-likeness (QED) is 0.347. The molecule has 1 aromatic heterocycles. The second-order valence-corrected chi connectivity index (χ2v) is 12.8. The monoisotopic (exact) mass is 535 g/mol. The van der Waals surface area contributed by atoms with E-state index >= 15 is 0 Å². The molecule has 1 aliphatic carbocycles. The van der Waals surface area contributed by atoms with Crippen LogP contribution in [0.1, 0.15) is 79.9 Å². The lowest BCUT2D eigenvalue weighted by Crippen LogP contribution is -2.40. The van der Waals surface area contributed by atoms with E-state index in [-0.39, 0.29) is 35.5 Å². The molecule has 202 valence electrons. The third-order valence-electron chi connectivity index (χ3n) is 7.21. The fraction of sp³-hybridized carbons (Fsp3) is 0.433. The van der Waals surface area contributed by atoms with Gasteiger partial charge in [0.25, 0.3) is 0 Å². The molecular weight excluding hydrogens is 498 g/mol. The fourth-order valence-corrected chi connectivity index (χ4v) is 5.57. The first-order chi connectivity index (χ1) is 18.0. The first kappa shape index (κ1) is 27.8. The summed E-state index contributed by atoms with van der Waals surface area (Å²) in [5.41, 5.74) is 4.82. The minimum atomic E-state index is -3.31. The number of carbonyl (C=O) groups excluding carboxylic acids is 2. The number of nitrogens with zero attached hydrogens (tertiary/aromatic N) is 1. The molecule has 2 aromatic carbocycles. The van der Waals surface area contributed by atoms with Gasteiger partial charge in [-0.15, -0.1) is 0 Å². The van der Waals surface area contributed by atoms with Crippen LogP contribution in [0, 0.1) is 6.92 Å². The summed E-state index contributed by atoms with van der Waals surface area (Å²) < 4.78 is 23.2. The zero-order chi connectivity index (χ0) is 27.4. The van der Waals surface area contributed by atoms with E-state index in [1.807, 2.05) is 0 Å². The molecular formula is C30H37N3O4S. The highest BCUT2D eigenvalue weighted by molar-refractivity contribution is 7.90. The van der Waals surface area contributed by atoms with Crippen molar-refractivity contribution < 1.29 is 18.0 Å². The minimum absolute atomic E-state index is 0.0909. The number of sulfone groups is 1. The lowest BCUT2D eigenvalue weighted by atomic mass is 9.90. The van der Waals surface area contributed by atoms with E-state index in [1.165, 1.54) is 29.8 Å². The predicted molar refractivity (Wildman–Crippen MR) is 151 cm³/mol. The van der Waals surface area contributed by atoms with Gasteiger partial charge in [-0.25, -0.2) is 8.42 Å². The maximum Gasteiger partial charge on any atom is 0.220 e. The van der Waals surface area contributed by atoms with E-state index in [2.05, 4.69) is 55.7 Å². The molecule has 4 rings (SSSR count). The van der Waals surface area contributed by atoms with Gasteiger partial charge in [0.1, 0.15) is 0 Å². The molecule has 1 aliphatic rings. The number of amides is 1. The number of Topliss-reactive ketones (excluding diaryl/α,β-unsaturated/α-hetero) is 1. The number of carbonyl (C=O) groups is 2. The Labute approximate surface area is 225 Å². The number of aryl methyl sites for hydroxylation is 1. The minimum Gasteiger partial charge on any atom is -0.382 e. The number of nitrogens with one attached hydrogen (secondary N) is 2. The Morgan fingerprint density at radius 2 is 1.61 bits per heavy atom. The van der Waals surface area contributed by atoms with Crippen LogP contribution in [0.2, 0.25) is 0 Å². The predicted octanol–water partition coefficient (Wildman–Crippen LogP) is 5.57. The van der Waals surface area contributed by atoms with Crippen molar-refractivity contribution in [1.82, 2.24) is 10.3 Å². The fourth-order valence-electron chi connectivity index (χ4n) is 4.94. The van der Waals surface area contributed by atoms with Crippen LogP contribution in [0.15, 0.2) is 53.4 Å². The molecule has 1 saturated carbocycles. The summed E-state index contributed by atoms with van der Waals surface area (Å²) >= 11 is 0. The van der Waals surface area contributed by atoms with E-state index in [0.717, 1.165) is 54.2 Å². The van der Waals surface area contributed by atoms with Crippen LogP contribution in [-0.4, -0.2) is 43.4 Å². The molecule has 0 aliphatic heterocycles. The van der Waals surface area contributed by atoms with Gasteiger partial charge in [-0.2, -0.15) is 0 Å². The molecule has 0 spiro atoms. The summed E-state index contributed by atoms with van der Waals surface area (Å²) in [4.78, 5) is 30.0. The molecule has 8 heteroatoms. The Morgan fingerprint density at radius 1 is 0.947 bits per heavy atom. The van der Waals surface area contributed by atoms with Crippen LogP contribution in [-0.2, 0) is 14.6 Å². The van der Waals surface area contributed by atoms with Crippen LogP contribution in [0.25, 0.3) is 10.9 Å². The highest BCUT2D eigenvalue weighted by Gasteiger charge is 2.23. The standard InChI is InChI=1S/C30H37N3O4S/c1-19(2)27-18-28(25-17-20(3)5-14-26(25)33-27)31-22-8-10-23(11-9-22)32-30(35)16-15-29(34)21-6-12-24(13-7-21)38(4,36)37/h5-7,12-14,17-19,22-23H,8-11,15-16H2,1-4H3,(H,31,33)(H,32,35). The van der Waals surface area contributed by atoms with Crippen LogP contribution in [0.4, 0.5) is 5.69 Å². The second-order valence-electron chi connectivity index (χ2n) is 10.8. The van der Waals surface area contributed by atoms with Gasteiger partial charge in [0.05, 0.1) is 10.4 Å². The number of hydrogen-bond donors (Lipinski definition) is 2. The van der Waals surface area contributed by atoms with Crippen LogP contribution in [0.3, 0.4) is 0 Å². The first-order valence-electron chi connectivity index (χ1n) is 13.3. The van der Waals surface area contributed by atoms with Gasteiger partial charge in [0, 0.05) is 53.5 Å². The number of hydrogen-bond acceptors (Lipinski definition) is 6. The van der Waals surface area contributed by atoms with Gasteiger partial charge >= 0.3 is 0 Å². The van der Waals surface area contributed by atoms with E-state index in [4.69, 9.17) is 4.98 Å². The molecule has 3 aromatic rings. The molecule has 0 bridgehead atoms. The Kier molecular flexibility index (Phi) is 8.51. The Bertz CT molecular complexity index is 1420. The Hall–Kier alpha value is -3.26. The lowest BCUT2D eigenvalue weighted by molar-refractivity contribution is -0.122. The van der Waals surface area contributed by atoms with Crippen molar-refractivity contribution in [2.24, 2.45) is 0 Å². The van der Waals surface area contributed by atoms with Gasteiger partial charge in [0.2, 0.25) is 5.91 Å². The largest absolute Gasteiger partial charge is 0.382 e. The van der Waals surface area contributed by atoms with Crippen molar-refractivity contribution in [2.75, 3.05) is 11.6 Å². The van der Waals surface area contributed by atoms with E-state index in [9.17, 15) is 18.0 Å².